The molecular weight excluding hydrogens is 302 g/mol. The van der Waals surface area contributed by atoms with Gasteiger partial charge in [-0.1, -0.05) is 6.07 Å². The SMILES string of the molecule is Cc1ccc(N2CC(CC#N)NCCC2C)c(Br)c1. The van der Waals surface area contributed by atoms with E-state index in [1.807, 2.05) is 0 Å². The van der Waals surface area contributed by atoms with Crippen LogP contribution in [-0.4, -0.2) is 25.2 Å². The third kappa shape index (κ3) is 3.49. The Kier molecular flexibility index (Phi) is 4.84. The molecule has 2 unspecified atom stereocenters. The summed E-state index contributed by atoms with van der Waals surface area (Å²) in [4.78, 5) is 2.41. The molecule has 1 aliphatic heterocycles. The molecule has 1 aromatic carbocycles. The van der Waals surface area contributed by atoms with Crippen LogP contribution in [0.4, 0.5) is 5.69 Å². The summed E-state index contributed by atoms with van der Waals surface area (Å²) in [6, 6.07) is 9.48. The van der Waals surface area contributed by atoms with Gasteiger partial charge < -0.3 is 10.2 Å². The molecular formula is C15H20BrN3. The third-order valence-corrected chi connectivity index (χ3v) is 4.33. The molecule has 0 aliphatic carbocycles. The van der Waals surface area contributed by atoms with Crippen LogP contribution in [0.2, 0.25) is 0 Å². The minimum Gasteiger partial charge on any atom is -0.366 e. The van der Waals surface area contributed by atoms with Crippen molar-refractivity contribution >= 4 is 21.6 Å². The normalized spacial score (nSPS) is 23.8. The van der Waals surface area contributed by atoms with Gasteiger partial charge in [-0.25, -0.2) is 0 Å². The molecule has 0 saturated carbocycles. The third-order valence-electron chi connectivity index (χ3n) is 3.69. The molecule has 102 valence electrons. The van der Waals surface area contributed by atoms with Crippen molar-refractivity contribution in [3.63, 3.8) is 0 Å². The highest BCUT2D eigenvalue weighted by Crippen LogP contribution is 2.30. The van der Waals surface area contributed by atoms with E-state index in [1.165, 1.54) is 11.3 Å². The quantitative estimate of drug-likeness (QED) is 0.909. The second-order valence-corrected chi connectivity index (χ2v) is 6.11. The lowest BCUT2D eigenvalue weighted by Crippen LogP contribution is -2.40. The van der Waals surface area contributed by atoms with E-state index in [0.29, 0.717) is 12.5 Å². The number of aryl methyl sites for hydroxylation is 1. The van der Waals surface area contributed by atoms with Gasteiger partial charge in [-0.3, -0.25) is 0 Å². The van der Waals surface area contributed by atoms with Crippen LogP contribution in [0.3, 0.4) is 0 Å². The Bertz CT molecular complexity index is 481. The lowest BCUT2D eigenvalue weighted by molar-refractivity contribution is 0.552. The van der Waals surface area contributed by atoms with Gasteiger partial charge in [0, 0.05) is 23.1 Å². The van der Waals surface area contributed by atoms with E-state index in [9.17, 15) is 0 Å². The van der Waals surface area contributed by atoms with Crippen molar-refractivity contribution in [3.05, 3.63) is 28.2 Å². The summed E-state index contributed by atoms with van der Waals surface area (Å²) < 4.78 is 1.14. The van der Waals surface area contributed by atoms with Crippen molar-refractivity contribution in [2.24, 2.45) is 0 Å². The molecule has 1 aliphatic rings. The van der Waals surface area contributed by atoms with Crippen LogP contribution in [0.5, 0.6) is 0 Å². The number of nitrogens with one attached hydrogen (secondary N) is 1. The number of hydrogen-bond donors (Lipinski definition) is 1. The zero-order valence-electron chi connectivity index (χ0n) is 11.5. The second kappa shape index (κ2) is 6.40. The maximum absolute atomic E-state index is 8.91. The number of nitrogens with zero attached hydrogens (tertiary/aromatic N) is 2. The monoisotopic (exact) mass is 321 g/mol. The van der Waals surface area contributed by atoms with Gasteiger partial charge in [-0.15, -0.1) is 0 Å². The summed E-state index contributed by atoms with van der Waals surface area (Å²) in [6.07, 6.45) is 1.66. The first-order valence-electron chi connectivity index (χ1n) is 6.75. The van der Waals surface area contributed by atoms with E-state index in [2.05, 4.69) is 64.3 Å². The van der Waals surface area contributed by atoms with Crippen LogP contribution in [0.1, 0.15) is 25.3 Å². The van der Waals surface area contributed by atoms with Crippen LogP contribution >= 0.6 is 15.9 Å². The van der Waals surface area contributed by atoms with Crippen LogP contribution < -0.4 is 10.2 Å². The highest BCUT2D eigenvalue weighted by molar-refractivity contribution is 9.10. The Morgan fingerprint density at radius 1 is 1.53 bits per heavy atom. The molecule has 1 saturated heterocycles. The molecule has 4 heteroatoms. The smallest absolute Gasteiger partial charge is 0.0638 e. The average molecular weight is 322 g/mol. The molecule has 1 heterocycles. The van der Waals surface area contributed by atoms with Gasteiger partial charge in [0.05, 0.1) is 18.2 Å². The standard InChI is InChI=1S/C15H20BrN3/c1-11-3-4-15(14(16)9-11)19-10-13(5-7-17)18-8-6-12(19)2/h3-4,9,12-13,18H,5-6,8,10H2,1-2H3. The molecule has 1 aromatic rings. The Morgan fingerprint density at radius 2 is 2.32 bits per heavy atom. The van der Waals surface area contributed by atoms with Crippen LogP contribution in [-0.2, 0) is 0 Å². The van der Waals surface area contributed by atoms with E-state index in [0.717, 1.165) is 24.0 Å². The molecule has 1 N–H and O–H groups in total. The number of rotatable bonds is 2. The molecule has 19 heavy (non-hydrogen) atoms. The number of nitriles is 1. The summed E-state index contributed by atoms with van der Waals surface area (Å²) in [7, 11) is 0. The van der Waals surface area contributed by atoms with Gasteiger partial charge in [-0.2, -0.15) is 5.26 Å². The molecule has 2 rings (SSSR count). The molecule has 0 aromatic heterocycles. The highest BCUT2D eigenvalue weighted by Gasteiger charge is 2.24. The maximum atomic E-state index is 8.91. The summed E-state index contributed by atoms with van der Waals surface area (Å²) in [5.74, 6) is 0. The molecule has 1 fully saturated rings. The van der Waals surface area contributed by atoms with Crippen molar-refractivity contribution in [3.8, 4) is 6.07 Å². The minimum atomic E-state index is 0.253. The number of halogens is 1. The van der Waals surface area contributed by atoms with E-state index in [4.69, 9.17) is 5.26 Å². The lowest BCUT2D eigenvalue weighted by Gasteiger charge is -2.32. The predicted octanol–water partition coefficient (Wildman–Crippen LogP) is 3.23. The van der Waals surface area contributed by atoms with Crippen molar-refractivity contribution in [1.29, 1.82) is 5.26 Å². The molecule has 0 spiro atoms. The fraction of sp³-hybridized carbons (Fsp3) is 0.533. The maximum Gasteiger partial charge on any atom is 0.0638 e. The summed E-state index contributed by atoms with van der Waals surface area (Å²) in [6.45, 7) is 6.22. The number of hydrogen-bond acceptors (Lipinski definition) is 3. The van der Waals surface area contributed by atoms with Gasteiger partial charge >= 0.3 is 0 Å². The van der Waals surface area contributed by atoms with E-state index in [1.54, 1.807) is 0 Å². The predicted molar refractivity (Wildman–Crippen MR) is 82.3 cm³/mol. The first-order chi connectivity index (χ1) is 9.11. The summed E-state index contributed by atoms with van der Waals surface area (Å²) in [5, 5.41) is 12.4. The van der Waals surface area contributed by atoms with E-state index < -0.39 is 0 Å². The second-order valence-electron chi connectivity index (χ2n) is 5.26. The summed E-state index contributed by atoms with van der Waals surface area (Å²) in [5.41, 5.74) is 2.48. The topological polar surface area (TPSA) is 39.1 Å². The molecule has 0 bridgehead atoms. The highest BCUT2D eigenvalue weighted by atomic mass is 79.9. The number of anilines is 1. The molecule has 0 radical (unpaired) electrons. The van der Waals surface area contributed by atoms with Gasteiger partial charge in [0.1, 0.15) is 0 Å². The van der Waals surface area contributed by atoms with E-state index >= 15 is 0 Å². The van der Waals surface area contributed by atoms with Crippen molar-refractivity contribution < 1.29 is 0 Å². The Morgan fingerprint density at radius 3 is 3.00 bits per heavy atom. The Balaban J connectivity index is 2.26. The van der Waals surface area contributed by atoms with Crippen LogP contribution in [0, 0.1) is 18.3 Å². The van der Waals surface area contributed by atoms with Gasteiger partial charge in [0.25, 0.3) is 0 Å². The lowest BCUT2D eigenvalue weighted by atomic mass is 10.1. The van der Waals surface area contributed by atoms with Crippen LogP contribution in [0.25, 0.3) is 0 Å². The van der Waals surface area contributed by atoms with Gasteiger partial charge in [-0.05, 0) is 60.4 Å². The minimum absolute atomic E-state index is 0.253. The summed E-state index contributed by atoms with van der Waals surface area (Å²) >= 11 is 3.67. The first kappa shape index (κ1) is 14.4. The van der Waals surface area contributed by atoms with Crippen molar-refractivity contribution in [2.45, 2.75) is 38.8 Å². The largest absolute Gasteiger partial charge is 0.366 e. The van der Waals surface area contributed by atoms with Crippen molar-refractivity contribution in [2.75, 3.05) is 18.0 Å². The fourth-order valence-corrected chi connectivity index (χ4v) is 3.28. The molecule has 0 amide bonds. The Hall–Kier alpha value is -1.05. The van der Waals surface area contributed by atoms with Gasteiger partial charge in [0.15, 0.2) is 0 Å². The molecule has 3 nitrogen and oxygen atoms in total. The fourth-order valence-electron chi connectivity index (χ4n) is 2.56. The number of benzene rings is 1. The van der Waals surface area contributed by atoms with E-state index in [-0.39, 0.29) is 6.04 Å². The van der Waals surface area contributed by atoms with Crippen molar-refractivity contribution in [1.82, 2.24) is 5.32 Å². The average Bonchev–Trinajstić information content (AvgIpc) is 2.53. The Labute approximate surface area is 123 Å². The van der Waals surface area contributed by atoms with Crippen LogP contribution in [0.15, 0.2) is 22.7 Å². The van der Waals surface area contributed by atoms with Gasteiger partial charge in [0.2, 0.25) is 0 Å². The zero-order valence-corrected chi connectivity index (χ0v) is 13.1. The molecule has 2 atom stereocenters. The zero-order chi connectivity index (χ0) is 13.8. The first-order valence-corrected chi connectivity index (χ1v) is 7.54.